The molecule has 2 aromatic carbocycles. The molecule has 0 bridgehead atoms. The number of nitrogens with one attached hydrogen (secondary N) is 1. The standard InChI is InChI=1S/C16H14FN3O2S/c1-8-3-6-11(22-16(21)19-2)14(17)13(8)9-4-5-10-12(7-9)23-15(18)20-10/h3-7H,1-2H3,(H2,18,20)(H,19,21). The summed E-state index contributed by atoms with van der Waals surface area (Å²) in [5.74, 6) is -0.695. The molecule has 0 saturated heterocycles. The highest BCUT2D eigenvalue weighted by molar-refractivity contribution is 7.22. The number of hydrogen-bond acceptors (Lipinski definition) is 5. The van der Waals surface area contributed by atoms with Crippen molar-refractivity contribution in [1.82, 2.24) is 10.3 Å². The summed E-state index contributed by atoms with van der Waals surface area (Å²) in [6, 6.07) is 8.55. The van der Waals surface area contributed by atoms with Crippen molar-refractivity contribution < 1.29 is 13.9 Å². The lowest BCUT2D eigenvalue weighted by atomic mass is 9.99. The zero-order valence-corrected chi connectivity index (χ0v) is 13.3. The molecule has 0 saturated carbocycles. The zero-order valence-electron chi connectivity index (χ0n) is 12.5. The van der Waals surface area contributed by atoms with Crippen LogP contribution in [0.25, 0.3) is 21.3 Å². The molecule has 0 radical (unpaired) electrons. The van der Waals surface area contributed by atoms with Crippen LogP contribution in [0.4, 0.5) is 14.3 Å². The second kappa shape index (κ2) is 5.85. The Hall–Kier alpha value is -2.67. The first-order valence-corrected chi connectivity index (χ1v) is 7.66. The second-order valence-corrected chi connectivity index (χ2v) is 6.01. The van der Waals surface area contributed by atoms with Gasteiger partial charge < -0.3 is 15.8 Å². The third-order valence-electron chi connectivity index (χ3n) is 3.42. The van der Waals surface area contributed by atoms with Gasteiger partial charge in [0.05, 0.1) is 10.2 Å². The van der Waals surface area contributed by atoms with Gasteiger partial charge in [-0.15, -0.1) is 0 Å². The number of carbonyl (C=O) groups is 1. The summed E-state index contributed by atoms with van der Waals surface area (Å²) in [5.41, 5.74) is 8.28. The third kappa shape index (κ3) is 2.83. The van der Waals surface area contributed by atoms with Crippen molar-refractivity contribution in [3.05, 3.63) is 41.7 Å². The van der Waals surface area contributed by atoms with Gasteiger partial charge in [-0.2, -0.15) is 0 Å². The molecule has 0 atom stereocenters. The molecule has 0 aliphatic carbocycles. The summed E-state index contributed by atoms with van der Waals surface area (Å²) in [6.45, 7) is 1.80. The molecule has 3 rings (SSSR count). The second-order valence-electron chi connectivity index (χ2n) is 4.94. The molecule has 0 aliphatic heterocycles. The molecule has 1 amide bonds. The van der Waals surface area contributed by atoms with Gasteiger partial charge in [0, 0.05) is 12.6 Å². The Morgan fingerprint density at radius 2 is 2.13 bits per heavy atom. The van der Waals surface area contributed by atoms with Gasteiger partial charge in [0.2, 0.25) is 0 Å². The minimum Gasteiger partial charge on any atom is -0.407 e. The van der Waals surface area contributed by atoms with Crippen molar-refractivity contribution >= 4 is 32.8 Å². The molecule has 0 fully saturated rings. The van der Waals surface area contributed by atoms with Crippen LogP contribution >= 0.6 is 11.3 Å². The lowest BCUT2D eigenvalue weighted by molar-refractivity contribution is 0.201. The first-order valence-electron chi connectivity index (χ1n) is 6.84. The Bertz CT molecular complexity index is 908. The molecule has 0 unspecified atom stereocenters. The van der Waals surface area contributed by atoms with Crippen molar-refractivity contribution in [2.24, 2.45) is 0 Å². The van der Waals surface area contributed by atoms with E-state index in [-0.39, 0.29) is 5.75 Å². The van der Waals surface area contributed by atoms with Gasteiger partial charge >= 0.3 is 6.09 Å². The van der Waals surface area contributed by atoms with E-state index in [1.54, 1.807) is 25.1 Å². The van der Waals surface area contributed by atoms with Crippen molar-refractivity contribution in [3.8, 4) is 16.9 Å². The number of anilines is 1. The number of rotatable bonds is 2. The fourth-order valence-electron chi connectivity index (χ4n) is 2.34. The van der Waals surface area contributed by atoms with E-state index in [4.69, 9.17) is 10.5 Å². The number of nitrogens with two attached hydrogens (primary N) is 1. The SMILES string of the molecule is CNC(=O)Oc1ccc(C)c(-c2ccc3nc(N)sc3c2)c1F. The lowest BCUT2D eigenvalue weighted by Crippen LogP contribution is -2.22. The van der Waals surface area contributed by atoms with Crippen LogP contribution in [-0.4, -0.2) is 18.1 Å². The molecule has 3 aromatic rings. The predicted molar refractivity (Wildman–Crippen MR) is 89.2 cm³/mol. The van der Waals surface area contributed by atoms with Crippen LogP contribution < -0.4 is 15.8 Å². The number of benzene rings is 2. The molecule has 0 aliphatic rings. The summed E-state index contributed by atoms with van der Waals surface area (Å²) < 4.78 is 20.6. The number of aryl methyl sites for hydroxylation is 1. The lowest BCUT2D eigenvalue weighted by Gasteiger charge is -2.12. The number of nitrogens with zero attached hydrogens (tertiary/aromatic N) is 1. The zero-order chi connectivity index (χ0) is 16.6. The van der Waals surface area contributed by atoms with Gasteiger partial charge in [0.1, 0.15) is 0 Å². The van der Waals surface area contributed by atoms with Crippen molar-refractivity contribution in [2.75, 3.05) is 12.8 Å². The first kappa shape index (κ1) is 15.2. The van der Waals surface area contributed by atoms with Crippen LogP contribution in [0, 0.1) is 12.7 Å². The number of fused-ring (bicyclic) bond motifs is 1. The number of aromatic nitrogens is 1. The van der Waals surface area contributed by atoms with Gasteiger partial charge in [-0.05, 0) is 36.2 Å². The number of ether oxygens (including phenoxy) is 1. The number of halogens is 1. The van der Waals surface area contributed by atoms with E-state index in [2.05, 4.69) is 10.3 Å². The largest absolute Gasteiger partial charge is 0.412 e. The average molecular weight is 331 g/mol. The van der Waals surface area contributed by atoms with E-state index < -0.39 is 11.9 Å². The van der Waals surface area contributed by atoms with E-state index in [0.717, 1.165) is 15.8 Å². The van der Waals surface area contributed by atoms with Crippen LogP contribution in [0.15, 0.2) is 30.3 Å². The van der Waals surface area contributed by atoms with Crippen LogP contribution in [0.2, 0.25) is 0 Å². The average Bonchev–Trinajstić information content (AvgIpc) is 2.89. The molecular formula is C16H14FN3O2S. The van der Waals surface area contributed by atoms with Gasteiger partial charge in [0.25, 0.3) is 0 Å². The highest BCUT2D eigenvalue weighted by Crippen LogP contribution is 2.35. The van der Waals surface area contributed by atoms with Gasteiger partial charge in [-0.1, -0.05) is 23.5 Å². The van der Waals surface area contributed by atoms with Crippen LogP contribution in [0.3, 0.4) is 0 Å². The quantitative estimate of drug-likeness (QED) is 0.750. The number of carbonyl (C=O) groups excluding carboxylic acids is 1. The van der Waals surface area contributed by atoms with E-state index in [0.29, 0.717) is 16.3 Å². The molecular weight excluding hydrogens is 317 g/mol. The normalized spacial score (nSPS) is 10.7. The maximum Gasteiger partial charge on any atom is 0.412 e. The third-order valence-corrected chi connectivity index (χ3v) is 4.26. The Morgan fingerprint density at radius 3 is 2.87 bits per heavy atom. The maximum absolute atomic E-state index is 14.8. The fourth-order valence-corrected chi connectivity index (χ4v) is 3.11. The van der Waals surface area contributed by atoms with E-state index in [1.807, 2.05) is 6.07 Å². The predicted octanol–water partition coefficient (Wildman–Crippen LogP) is 3.71. The molecule has 0 spiro atoms. The van der Waals surface area contributed by atoms with Gasteiger partial charge in [-0.3, -0.25) is 0 Å². The Labute approximate surface area is 135 Å². The minimum atomic E-state index is -0.718. The monoisotopic (exact) mass is 331 g/mol. The van der Waals surface area contributed by atoms with E-state index in [9.17, 15) is 9.18 Å². The molecule has 118 valence electrons. The summed E-state index contributed by atoms with van der Waals surface area (Å²) in [4.78, 5) is 15.5. The van der Waals surface area contributed by atoms with Gasteiger partial charge in [0.15, 0.2) is 16.7 Å². The summed E-state index contributed by atoms with van der Waals surface area (Å²) in [7, 11) is 1.41. The fraction of sp³-hybridized carbons (Fsp3) is 0.125. The maximum atomic E-state index is 14.8. The molecule has 7 heteroatoms. The first-order chi connectivity index (χ1) is 11.0. The van der Waals surface area contributed by atoms with Crippen LogP contribution in [-0.2, 0) is 0 Å². The van der Waals surface area contributed by atoms with Crippen LogP contribution in [0.5, 0.6) is 5.75 Å². The number of nitrogen functional groups attached to an aromatic ring is 1. The minimum absolute atomic E-state index is 0.117. The molecule has 5 nitrogen and oxygen atoms in total. The van der Waals surface area contributed by atoms with E-state index in [1.165, 1.54) is 24.5 Å². The van der Waals surface area contributed by atoms with Gasteiger partial charge in [-0.25, -0.2) is 14.2 Å². The number of hydrogen-bond donors (Lipinski definition) is 2. The Balaban J connectivity index is 2.12. The topological polar surface area (TPSA) is 77.2 Å². The highest BCUT2D eigenvalue weighted by Gasteiger charge is 2.17. The Kier molecular flexibility index (Phi) is 3.87. The molecule has 3 N–H and O–H groups in total. The molecule has 23 heavy (non-hydrogen) atoms. The summed E-state index contributed by atoms with van der Waals surface area (Å²) in [5, 5.41) is 2.76. The number of amides is 1. The summed E-state index contributed by atoms with van der Waals surface area (Å²) in [6.07, 6.45) is -0.718. The van der Waals surface area contributed by atoms with Crippen LogP contribution in [0.1, 0.15) is 5.56 Å². The van der Waals surface area contributed by atoms with Crippen molar-refractivity contribution in [1.29, 1.82) is 0 Å². The van der Waals surface area contributed by atoms with Crippen molar-refractivity contribution in [2.45, 2.75) is 6.92 Å². The smallest absolute Gasteiger partial charge is 0.407 e. The van der Waals surface area contributed by atoms with Crippen molar-refractivity contribution in [3.63, 3.8) is 0 Å². The highest BCUT2D eigenvalue weighted by atomic mass is 32.1. The van der Waals surface area contributed by atoms with E-state index >= 15 is 0 Å². The number of thiazole rings is 1. The molecule has 1 aromatic heterocycles. The molecule has 1 heterocycles. The Morgan fingerprint density at radius 1 is 1.35 bits per heavy atom. The summed E-state index contributed by atoms with van der Waals surface area (Å²) >= 11 is 1.34.